The summed E-state index contributed by atoms with van der Waals surface area (Å²) < 4.78 is 10.6. The fourth-order valence-electron chi connectivity index (χ4n) is 3.45. The molecule has 0 radical (unpaired) electrons. The van der Waals surface area contributed by atoms with Crippen LogP contribution in [0.4, 0.5) is 0 Å². The minimum Gasteiger partial charge on any atom is -0.465 e. The molecule has 0 bridgehead atoms. The highest BCUT2D eigenvalue weighted by atomic mass is 16.5. The first-order valence-electron chi connectivity index (χ1n) is 7.46. The van der Waals surface area contributed by atoms with Crippen LogP contribution in [0.3, 0.4) is 0 Å². The normalized spacial score (nSPS) is 25.8. The summed E-state index contributed by atoms with van der Waals surface area (Å²) in [6.45, 7) is 5.42. The Morgan fingerprint density at radius 1 is 1.32 bits per heavy atom. The zero-order chi connectivity index (χ0) is 13.7. The molecule has 0 amide bonds. The predicted octanol–water partition coefficient (Wildman–Crippen LogP) is 0.912. The third-order valence-electron chi connectivity index (χ3n) is 4.48. The Morgan fingerprint density at radius 3 is 2.53 bits per heavy atom. The number of nitrogens with two attached hydrogens (primary N) is 1. The Labute approximate surface area is 115 Å². The van der Waals surface area contributed by atoms with Crippen molar-refractivity contribution in [2.75, 3.05) is 32.9 Å². The van der Waals surface area contributed by atoms with Crippen molar-refractivity contribution in [3.63, 3.8) is 0 Å². The molecule has 19 heavy (non-hydrogen) atoms. The molecule has 0 aromatic heterocycles. The topological polar surface area (TPSA) is 64.8 Å². The van der Waals surface area contributed by atoms with Gasteiger partial charge in [0.1, 0.15) is 6.04 Å². The summed E-state index contributed by atoms with van der Waals surface area (Å²) in [6.07, 6.45) is 5.51. The fourth-order valence-corrected chi connectivity index (χ4v) is 3.45. The molecule has 0 aromatic rings. The lowest BCUT2D eigenvalue weighted by Gasteiger charge is -2.50. The Bertz CT molecular complexity index is 297. The van der Waals surface area contributed by atoms with E-state index in [2.05, 4.69) is 4.90 Å². The van der Waals surface area contributed by atoms with Gasteiger partial charge in [0.25, 0.3) is 0 Å². The van der Waals surface area contributed by atoms with Gasteiger partial charge in [-0.3, -0.25) is 9.69 Å². The van der Waals surface area contributed by atoms with Crippen LogP contribution in [0.5, 0.6) is 0 Å². The van der Waals surface area contributed by atoms with E-state index < -0.39 is 6.04 Å². The number of hydrogen-bond acceptors (Lipinski definition) is 5. The molecule has 5 heteroatoms. The molecule has 1 saturated heterocycles. The molecular weight excluding hydrogens is 244 g/mol. The average Bonchev–Trinajstić information content (AvgIpc) is 2.48. The summed E-state index contributed by atoms with van der Waals surface area (Å²) in [5.41, 5.74) is 6.07. The van der Waals surface area contributed by atoms with Crippen molar-refractivity contribution < 1.29 is 14.3 Å². The molecule has 0 aromatic carbocycles. The summed E-state index contributed by atoms with van der Waals surface area (Å²) >= 11 is 0. The van der Waals surface area contributed by atoms with E-state index in [4.69, 9.17) is 15.2 Å². The van der Waals surface area contributed by atoms with Gasteiger partial charge in [0, 0.05) is 18.6 Å². The van der Waals surface area contributed by atoms with Crippen LogP contribution in [-0.4, -0.2) is 55.4 Å². The van der Waals surface area contributed by atoms with Crippen LogP contribution < -0.4 is 5.73 Å². The van der Waals surface area contributed by atoms with Gasteiger partial charge in [-0.05, 0) is 19.8 Å². The van der Waals surface area contributed by atoms with Crippen molar-refractivity contribution in [2.24, 2.45) is 5.73 Å². The lowest BCUT2D eigenvalue weighted by molar-refractivity contribution is -0.152. The van der Waals surface area contributed by atoms with Crippen LogP contribution in [-0.2, 0) is 14.3 Å². The molecule has 2 fully saturated rings. The van der Waals surface area contributed by atoms with E-state index in [9.17, 15) is 4.79 Å². The van der Waals surface area contributed by atoms with Gasteiger partial charge in [0.15, 0.2) is 0 Å². The zero-order valence-electron chi connectivity index (χ0n) is 11.9. The van der Waals surface area contributed by atoms with Crippen LogP contribution in [0.2, 0.25) is 0 Å². The molecule has 1 aliphatic carbocycles. The molecule has 2 aliphatic rings. The van der Waals surface area contributed by atoms with E-state index in [0.29, 0.717) is 6.61 Å². The van der Waals surface area contributed by atoms with Gasteiger partial charge in [0.05, 0.1) is 19.8 Å². The predicted molar refractivity (Wildman–Crippen MR) is 72.8 cm³/mol. The first kappa shape index (κ1) is 14.8. The number of rotatable bonds is 4. The maximum absolute atomic E-state index is 12.1. The van der Waals surface area contributed by atoms with Crippen LogP contribution in [0.15, 0.2) is 0 Å². The van der Waals surface area contributed by atoms with Gasteiger partial charge >= 0.3 is 5.97 Å². The fraction of sp³-hybridized carbons (Fsp3) is 0.929. The van der Waals surface area contributed by atoms with Gasteiger partial charge in [-0.1, -0.05) is 19.3 Å². The molecule has 1 saturated carbocycles. The number of carbonyl (C=O) groups is 1. The lowest BCUT2D eigenvalue weighted by atomic mass is 9.75. The third-order valence-corrected chi connectivity index (χ3v) is 4.48. The highest BCUT2D eigenvalue weighted by molar-refractivity contribution is 5.77. The van der Waals surface area contributed by atoms with Crippen molar-refractivity contribution in [1.29, 1.82) is 0 Å². The van der Waals surface area contributed by atoms with E-state index in [1.54, 1.807) is 0 Å². The number of esters is 1. The van der Waals surface area contributed by atoms with Gasteiger partial charge in [0.2, 0.25) is 0 Å². The van der Waals surface area contributed by atoms with E-state index in [0.717, 1.165) is 52.0 Å². The molecule has 5 nitrogen and oxygen atoms in total. The molecule has 0 unspecified atom stereocenters. The number of hydrogen-bond donors (Lipinski definition) is 1. The summed E-state index contributed by atoms with van der Waals surface area (Å²) in [6, 6.07) is -0.536. The second-order valence-corrected chi connectivity index (χ2v) is 5.49. The number of morpholine rings is 1. The Balaban J connectivity index is 2.15. The summed E-state index contributed by atoms with van der Waals surface area (Å²) in [5.74, 6) is -0.254. The van der Waals surface area contributed by atoms with Crippen molar-refractivity contribution in [3.8, 4) is 0 Å². The maximum atomic E-state index is 12.1. The number of ether oxygens (including phenoxy) is 2. The molecule has 110 valence electrons. The van der Waals surface area contributed by atoms with Gasteiger partial charge in [-0.15, -0.1) is 0 Å². The standard InChI is InChI=1S/C14H26N2O3/c1-2-19-13(17)12(15)14(6-4-3-5-7-14)16-8-10-18-11-9-16/h12H,2-11,15H2,1H3/t12-/m0/s1. The van der Waals surface area contributed by atoms with Gasteiger partial charge < -0.3 is 15.2 Å². The second-order valence-electron chi connectivity index (χ2n) is 5.49. The lowest BCUT2D eigenvalue weighted by Crippen LogP contribution is -2.66. The van der Waals surface area contributed by atoms with Crippen LogP contribution in [0.25, 0.3) is 0 Å². The SMILES string of the molecule is CCOC(=O)[C@H](N)C1(N2CCOCC2)CCCCC1. The Kier molecular flexibility index (Phi) is 5.19. The third kappa shape index (κ3) is 3.09. The van der Waals surface area contributed by atoms with Gasteiger partial charge in [-0.2, -0.15) is 0 Å². The van der Waals surface area contributed by atoms with Crippen molar-refractivity contribution in [1.82, 2.24) is 4.90 Å². The van der Waals surface area contributed by atoms with E-state index in [-0.39, 0.29) is 11.5 Å². The first-order chi connectivity index (χ1) is 9.20. The van der Waals surface area contributed by atoms with Crippen LogP contribution >= 0.6 is 0 Å². The van der Waals surface area contributed by atoms with E-state index >= 15 is 0 Å². The highest BCUT2D eigenvalue weighted by Gasteiger charge is 2.47. The largest absolute Gasteiger partial charge is 0.465 e. The quantitative estimate of drug-likeness (QED) is 0.769. The molecule has 0 spiro atoms. The molecule has 1 heterocycles. The average molecular weight is 270 g/mol. The van der Waals surface area contributed by atoms with Crippen LogP contribution in [0.1, 0.15) is 39.0 Å². The molecular formula is C14H26N2O3. The molecule has 2 rings (SSSR count). The summed E-state index contributed by atoms with van der Waals surface area (Å²) in [4.78, 5) is 14.5. The van der Waals surface area contributed by atoms with Crippen molar-refractivity contribution in [2.45, 2.75) is 50.6 Å². The summed E-state index contributed by atoms with van der Waals surface area (Å²) in [5, 5.41) is 0. The number of nitrogens with zero attached hydrogens (tertiary/aromatic N) is 1. The minimum atomic E-state index is -0.536. The van der Waals surface area contributed by atoms with Crippen molar-refractivity contribution in [3.05, 3.63) is 0 Å². The van der Waals surface area contributed by atoms with Crippen molar-refractivity contribution >= 4 is 5.97 Å². The maximum Gasteiger partial charge on any atom is 0.324 e. The minimum absolute atomic E-state index is 0.214. The first-order valence-corrected chi connectivity index (χ1v) is 7.46. The van der Waals surface area contributed by atoms with Gasteiger partial charge in [-0.25, -0.2) is 0 Å². The summed E-state index contributed by atoms with van der Waals surface area (Å²) in [7, 11) is 0. The zero-order valence-corrected chi connectivity index (χ0v) is 11.9. The molecule has 2 N–H and O–H groups in total. The molecule has 1 atom stereocenters. The Hall–Kier alpha value is -0.650. The van der Waals surface area contributed by atoms with E-state index in [1.807, 2.05) is 6.92 Å². The second kappa shape index (κ2) is 6.68. The van der Waals surface area contributed by atoms with Crippen LogP contribution in [0, 0.1) is 0 Å². The monoisotopic (exact) mass is 270 g/mol. The molecule has 1 aliphatic heterocycles. The number of carbonyl (C=O) groups excluding carboxylic acids is 1. The smallest absolute Gasteiger partial charge is 0.324 e. The highest BCUT2D eigenvalue weighted by Crippen LogP contribution is 2.36. The Morgan fingerprint density at radius 2 is 1.95 bits per heavy atom. The van der Waals surface area contributed by atoms with E-state index in [1.165, 1.54) is 6.42 Å².